The predicted molar refractivity (Wildman–Crippen MR) is 67.4 cm³/mol. The number of aryl methyl sites for hydroxylation is 1. The molecule has 2 aromatic rings. The van der Waals surface area contributed by atoms with Gasteiger partial charge < -0.3 is 4.57 Å². The lowest BCUT2D eigenvalue weighted by molar-refractivity contribution is 0.0973. The van der Waals surface area contributed by atoms with E-state index in [0.29, 0.717) is 12.2 Å². The van der Waals surface area contributed by atoms with Gasteiger partial charge in [0.1, 0.15) is 0 Å². The van der Waals surface area contributed by atoms with E-state index >= 15 is 0 Å². The maximum atomic E-state index is 11.9. The molecule has 2 nitrogen and oxygen atoms in total. The van der Waals surface area contributed by atoms with E-state index in [4.69, 9.17) is 0 Å². The van der Waals surface area contributed by atoms with Crippen LogP contribution in [0.15, 0.2) is 24.3 Å². The fourth-order valence-corrected chi connectivity index (χ4v) is 2.59. The average molecular weight is 236 g/mol. The van der Waals surface area contributed by atoms with Crippen molar-refractivity contribution in [1.82, 2.24) is 4.57 Å². The normalized spacial score (nSPS) is 14.7. The summed E-state index contributed by atoms with van der Waals surface area (Å²) < 4.78 is 2.17. The van der Waals surface area contributed by atoms with Crippen LogP contribution in [0.4, 0.5) is 0 Å². The molecule has 84 valence electrons. The van der Waals surface area contributed by atoms with Gasteiger partial charge in [-0.25, -0.2) is 0 Å². The summed E-state index contributed by atoms with van der Waals surface area (Å²) in [6.45, 7) is 0. The highest BCUT2D eigenvalue weighted by molar-refractivity contribution is 6.10. The number of hydrogen-bond acceptors (Lipinski definition) is 1. The second kappa shape index (κ2) is 3.95. The third-order valence-corrected chi connectivity index (χ3v) is 3.32. The van der Waals surface area contributed by atoms with Crippen molar-refractivity contribution in [2.75, 3.05) is 0 Å². The Labute approximate surface area is 101 Å². The van der Waals surface area contributed by atoms with Crippen LogP contribution < -0.4 is 0 Å². The number of nitrogens with zero attached hydrogens (tertiary/aromatic N) is 1. The minimum atomic E-state index is 0. The lowest BCUT2D eigenvalue weighted by Gasteiger charge is -2.11. The SMILES string of the molecule is Cl.Cn1c2c(c3ccccc31)C(=O)CCC2. The molecule has 0 aliphatic heterocycles. The topological polar surface area (TPSA) is 22.0 Å². The number of hydrogen-bond donors (Lipinski definition) is 0. The van der Waals surface area contributed by atoms with Crippen molar-refractivity contribution >= 4 is 29.1 Å². The van der Waals surface area contributed by atoms with E-state index in [1.54, 1.807) is 0 Å². The Morgan fingerprint density at radius 2 is 1.94 bits per heavy atom. The van der Waals surface area contributed by atoms with Crippen LogP contribution in [0, 0.1) is 0 Å². The number of para-hydroxylation sites is 1. The van der Waals surface area contributed by atoms with E-state index in [-0.39, 0.29) is 12.4 Å². The first kappa shape index (κ1) is 11.2. The van der Waals surface area contributed by atoms with Crippen molar-refractivity contribution in [3.8, 4) is 0 Å². The van der Waals surface area contributed by atoms with E-state index < -0.39 is 0 Å². The summed E-state index contributed by atoms with van der Waals surface area (Å²) in [7, 11) is 2.06. The number of aromatic nitrogens is 1. The monoisotopic (exact) mass is 235 g/mol. The molecule has 3 heteroatoms. The van der Waals surface area contributed by atoms with E-state index in [0.717, 1.165) is 23.8 Å². The third-order valence-electron chi connectivity index (χ3n) is 3.32. The zero-order valence-electron chi connectivity index (χ0n) is 9.19. The number of Topliss-reactive ketones (excluding diaryl/α,β-unsaturated/α-hetero) is 1. The van der Waals surface area contributed by atoms with Crippen LogP contribution in [-0.4, -0.2) is 10.4 Å². The third kappa shape index (κ3) is 1.37. The molecule has 0 radical (unpaired) electrons. The summed E-state index contributed by atoms with van der Waals surface area (Å²) in [5.41, 5.74) is 3.37. The molecule has 0 saturated heterocycles. The highest BCUT2D eigenvalue weighted by atomic mass is 35.5. The highest BCUT2D eigenvalue weighted by Gasteiger charge is 2.23. The second-order valence-electron chi connectivity index (χ2n) is 4.17. The fraction of sp³-hybridized carbons (Fsp3) is 0.308. The summed E-state index contributed by atoms with van der Waals surface area (Å²) in [6, 6.07) is 8.17. The Kier molecular flexibility index (Phi) is 2.76. The summed E-state index contributed by atoms with van der Waals surface area (Å²) in [6.07, 6.45) is 2.74. The zero-order valence-corrected chi connectivity index (χ0v) is 10.0. The molecule has 1 aromatic heterocycles. The van der Waals surface area contributed by atoms with Crippen LogP contribution in [-0.2, 0) is 13.5 Å². The van der Waals surface area contributed by atoms with Crippen LogP contribution in [0.2, 0.25) is 0 Å². The molecule has 16 heavy (non-hydrogen) atoms. The summed E-state index contributed by atoms with van der Waals surface area (Å²) >= 11 is 0. The Hall–Kier alpha value is -1.28. The zero-order chi connectivity index (χ0) is 10.4. The Morgan fingerprint density at radius 1 is 1.19 bits per heavy atom. The lowest BCUT2D eigenvalue weighted by atomic mass is 9.94. The van der Waals surface area contributed by atoms with Gasteiger partial charge in [-0.05, 0) is 18.9 Å². The van der Waals surface area contributed by atoms with Gasteiger partial charge in [-0.15, -0.1) is 12.4 Å². The number of carbonyl (C=O) groups excluding carboxylic acids is 1. The molecule has 0 fully saturated rings. The molecule has 1 aliphatic rings. The molecule has 0 bridgehead atoms. The van der Waals surface area contributed by atoms with Crippen molar-refractivity contribution in [2.24, 2.45) is 7.05 Å². The number of rotatable bonds is 0. The first-order chi connectivity index (χ1) is 7.29. The van der Waals surface area contributed by atoms with Gasteiger partial charge in [-0.2, -0.15) is 0 Å². The van der Waals surface area contributed by atoms with Crippen LogP contribution in [0.5, 0.6) is 0 Å². The van der Waals surface area contributed by atoms with Gasteiger partial charge in [-0.1, -0.05) is 18.2 Å². The first-order valence-electron chi connectivity index (χ1n) is 5.38. The van der Waals surface area contributed by atoms with Gasteiger partial charge in [0.25, 0.3) is 0 Å². The van der Waals surface area contributed by atoms with Gasteiger partial charge in [0.2, 0.25) is 0 Å². The number of halogens is 1. The van der Waals surface area contributed by atoms with Crippen LogP contribution in [0.1, 0.15) is 28.9 Å². The summed E-state index contributed by atoms with van der Waals surface area (Å²) in [5, 5.41) is 1.12. The number of fused-ring (bicyclic) bond motifs is 3. The van der Waals surface area contributed by atoms with E-state index in [9.17, 15) is 4.79 Å². The van der Waals surface area contributed by atoms with E-state index in [1.807, 2.05) is 12.1 Å². The molecule has 0 atom stereocenters. The minimum Gasteiger partial charge on any atom is -0.347 e. The molecule has 0 amide bonds. The maximum absolute atomic E-state index is 11.9. The minimum absolute atomic E-state index is 0. The molecule has 1 aromatic carbocycles. The molecule has 0 spiro atoms. The molecule has 0 saturated carbocycles. The van der Waals surface area contributed by atoms with E-state index in [1.165, 1.54) is 11.2 Å². The van der Waals surface area contributed by atoms with Gasteiger partial charge >= 0.3 is 0 Å². The van der Waals surface area contributed by atoms with Gasteiger partial charge in [0.05, 0.1) is 0 Å². The van der Waals surface area contributed by atoms with Crippen molar-refractivity contribution < 1.29 is 4.79 Å². The van der Waals surface area contributed by atoms with Gasteiger partial charge in [-0.3, -0.25) is 4.79 Å². The van der Waals surface area contributed by atoms with Crippen molar-refractivity contribution in [3.05, 3.63) is 35.5 Å². The molecule has 0 unspecified atom stereocenters. The first-order valence-corrected chi connectivity index (χ1v) is 5.38. The summed E-state index contributed by atoms with van der Waals surface area (Å²) in [5.74, 6) is 0.313. The fourth-order valence-electron chi connectivity index (χ4n) is 2.59. The second-order valence-corrected chi connectivity index (χ2v) is 4.17. The lowest BCUT2D eigenvalue weighted by Crippen LogP contribution is -2.11. The predicted octanol–water partition coefficient (Wildman–Crippen LogP) is 3.12. The van der Waals surface area contributed by atoms with Crippen molar-refractivity contribution in [1.29, 1.82) is 0 Å². The van der Waals surface area contributed by atoms with Crippen LogP contribution >= 0.6 is 12.4 Å². The summed E-state index contributed by atoms with van der Waals surface area (Å²) in [4.78, 5) is 11.9. The highest BCUT2D eigenvalue weighted by Crippen LogP contribution is 2.30. The number of benzene rings is 1. The largest absolute Gasteiger partial charge is 0.347 e. The number of ketones is 1. The molecule has 1 aliphatic carbocycles. The van der Waals surface area contributed by atoms with E-state index in [2.05, 4.69) is 23.7 Å². The molecule has 0 N–H and O–H groups in total. The van der Waals surface area contributed by atoms with Crippen molar-refractivity contribution in [3.63, 3.8) is 0 Å². The molecule has 1 heterocycles. The van der Waals surface area contributed by atoms with Gasteiger partial charge in [0.15, 0.2) is 5.78 Å². The maximum Gasteiger partial charge on any atom is 0.165 e. The quantitative estimate of drug-likeness (QED) is 0.688. The Balaban J connectivity index is 0.000000963. The molecular weight excluding hydrogens is 222 g/mol. The Bertz CT molecular complexity index is 556. The van der Waals surface area contributed by atoms with Crippen LogP contribution in [0.25, 0.3) is 10.9 Å². The standard InChI is InChI=1S/C13H13NO.ClH/c1-14-10-6-3-2-5-9(10)13-11(14)7-4-8-12(13)15;/h2-3,5-6H,4,7-8H2,1H3;1H. The van der Waals surface area contributed by atoms with Crippen LogP contribution in [0.3, 0.4) is 0 Å². The van der Waals surface area contributed by atoms with Crippen molar-refractivity contribution in [2.45, 2.75) is 19.3 Å². The molecular formula is C13H14ClNO. The Morgan fingerprint density at radius 3 is 2.75 bits per heavy atom. The average Bonchev–Trinajstić information content (AvgIpc) is 2.55. The number of carbonyl (C=O) groups is 1. The molecule has 3 rings (SSSR count). The van der Waals surface area contributed by atoms with Gasteiger partial charge in [0, 0.05) is 35.6 Å². The smallest absolute Gasteiger partial charge is 0.165 e.